The molecule has 1 aliphatic carbocycles. The van der Waals surface area contributed by atoms with E-state index < -0.39 is 0 Å². The summed E-state index contributed by atoms with van der Waals surface area (Å²) in [5, 5.41) is 3.56. The number of rotatable bonds is 4. The summed E-state index contributed by atoms with van der Waals surface area (Å²) in [6, 6.07) is 0.626. The van der Waals surface area contributed by atoms with Gasteiger partial charge in [0.05, 0.1) is 0 Å². The number of hydrogen-bond acceptors (Lipinski definition) is 2. The molecule has 0 aromatic carbocycles. The molecular formula is C16H30N2O. The first-order chi connectivity index (χ1) is 9.00. The number of carbonyl (C=O) groups excluding carboxylic acids is 1. The molecule has 0 radical (unpaired) electrons. The van der Waals surface area contributed by atoms with E-state index >= 15 is 0 Å². The van der Waals surface area contributed by atoms with Crippen molar-refractivity contribution in [2.24, 2.45) is 11.3 Å². The Balaban J connectivity index is 1.78. The van der Waals surface area contributed by atoms with Crippen molar-refractivity contribution in [3.63, 3.8) is 0 Å². The number of hydrogen-bond donors (Lipinski definition) is 1. The highest BCUT2D eigenvalue weighted by Gasteiger charge is 2.40. The molecule has 3 nitrogen and oxygen atoms in total. The molecule has 0 spiro atoms. The molecule has 0 bridgehead atoms. The fourth-order valence-electron chi connectivity index (χ4n) is 3.68. The highest BCUT2D eigenvalue weighted by molar-refractivity contribution is 5.79. The second kappa shape index (κ2) is 6.25. The van der Waals surface area contributed by atoms with Gasteiger partial charge < -0.3 is 10.2 Å². The highest BCUT2D eigenvalue weighted by atomic mass is 16.2. The van der Waals surface area contributed by atoms with Crippen molar-refractivity contribution in [3.8, 4) is 0 Å². The summed E-state index contributed by atoms with van der Waals surface area (Å²) < 4.78 is 0. The summed E-state index contributed by atoms with van der Waals surface area (Å²) in [5.41, 5.74) is 0.203. The first kappa shape index (κ1) is 14.8. The normalized spacial score (nSPS) is 30.3. The van der Waals surface area contributed by atoms with Crippen molar-refractivity contribution in [1.82, 2.24) is 10.2 Å². The molecule has 1 heterocycles. The number of nitrogens with zero attached hydrogens (tertiary/aromatic N) is 1. The number of carbonyl (C=O) groups is 1. The third-order valence-electron chi connectivity index (χ3n) is 5.16. The predicted molar refractivity (Wildman–Crippen MR) is 79.0 cm³/mol. The topological polar surface area (TPSA) is 32.3 Å². The van der Waals surface area contributed by atoms with Gasteiger partial charge in [0.2, 0.25) is 5.91 Å². The minimum Gasteiger partial charge on any atom is -0.345 e. The van der Waals surface area contributed by atoms with Gasteiger partial charge in [-0.3, -0.25) is 4.79 Å². The predicted octanol–water partition coefficient (Wildman–Crippen LogP) is 2.80. The number of piperidine rings is 1. The molecule has 0 aromatic rings. The molecule has 2 fully saturated rings. The van der Waals surface area contributed by atoms with Crippen LogP contribution < -0.4 is 5.32 Å². The van der Waals surface area contributed by atoms with E-state index in [-0.39, 0.29) is 11.3 Å². The third-order valence-corrected chi connectivity index (χ3v) is 5.16. The molecule has 1 amide bonds. The molecule has 1 saturated carbocycles. The molecule has 3 heteroatoms. The second-order valence-electron chi connectivity index (χ2n) is 7.13. The van der Waals surface area contributed by atoms with Gasteiger partial charge in [-0.15, -0.1) is 0 Å². The summed E-state index contributed by atoms with van der Waals surface area (Å²) in [4.78, 5) is 14.5. The van der Waals surface area contributed by atoms with Gasteiger partial charge >= 0.3 is 0 Å². The second-order valence-corrected chi connectivity index (χ2v) is 7.13. The first-order valence-electron chi connectivity index (χ1n) is 7.99. The van der Waals surface area contributed by atoms with Crippen molar-refractivity contribution < 1.29 is 4.79 Å². The van der Waals surface area contributed by atoms with E-state index in [4.69, 9.17) is 0 Å². The average Bonchev–Trinajstić information content (AvgIpc) is 2.76. The molecule has 110 valence electrons. The Bertz CT molecular complexity index is 308. The molecule has 0 aromatic heterocycles. The third kappa shape index (κ3) is 3.71. The van der Waals surface area contributed by atoms with Crippen molar-refractivity contribution >= 4 is 5.91 Å². The lowest BCUT2D eigenvalue weighted by Crippen LogP contribution is -2.41. The Labute approximate surface area is 118 Å². The smallest absolute Gasteiger partial charge is 0.225 e. The van der Waals surface area contributed by atoms with E-state index in [1.54, 1.807) is 0 Å². The van der Waals surface area contributed by atoms with Crippen molar-refractivity contribution in [2.75, 3.05) is 20.1 Å². The summed E-state index contributed by atoms with van der Waals surface area (Å²) in [5.74, 6) is 0.620. The Morgan fingerprint density at radius 1 is 1.26 bits per heavy atom. The SMILES string of the molecule is CN(CCC1CCCCN1)C(=O)C1CCCC1(C)C. The van der Waals surface area contributed by atoms with Crippen LogP contribution in [0.1, 0.15) is 58.8 Å². The molecule has 2 aliphatic rings. The zero-order valence-electron chi connectivity index (χ0n) is 12.9. The molecular weight excluding hydrogens is 236 g/mol. The van der Waals surface area contributed by atoms with Gasteiger partial charge in [-0.05, 0) is 44.1 Å². The fraction of sp³-hybridized carbons (Fsp3) is 0.938. The first-order valence-corrected chi connectivity index (χ1v) is 7.99. The van der Waals surface area contributed by atoms with Crippen molar-refractivity contribution in [3.05, 3.63) is 0 Å². The van der Waals surface area contributed by atoms with Crippen LogP contribution >= 0.6 is 0 Å². The standard InChI is InChI=1S/C16H30N2O/c1-16(2)10-6-8-14(16)15(19)18(3)12-9-13-7-4-5-11-17-13/h13-14,17H,4-12H2,1-3H3. The Morgan fingerprint density at radius 2 is 2.05 bits per heavy atom. The summed E-state index contributed by atoms with van der Waals surface area (Å²) >= 11 is 0. The van der Waals surface area contributed by atoms with Crippen LogP contribution in [0.25, 0.3) is 0 Å². The fourth-order valence-corrected chi connectivity index (χ4v) is 3.68. The maximum Gasteiger partial charge on any atom is 0.225 e. The van der Waals surface area contributed by atoms with Crippen LogP contribution in [-0.4, -0.2) is 37.0 Å². The largest absolute Gasteiger partial charge is 0.345 e. The lowest BCUT2D eigenvalue weighted by molar-refractivity contribution is -0.137. The number of amides is 1. The molecule has 2 unspecified atom stereocenters. The van der Waals surface area contributed by atoms with Crippen molar-refractivity contribution in [1.29, 1.82) is 0 Å². The van der Waals surface area contributed by atoms with E-state index in [2.05, 4.69) is 19.2 Å². The van der Waals surface area contributed by atoms with Gasteiger partial charge in [-0.1, -0.05) is 26.7 Å². The minimum atomic E-state index is 0.203. The summed E-state index contributed by atoms with van der Waals surface area (Å²) in [7, 11) is 1.99. The van der Waals surface area contributed by atoms with Gasteiger partial charge in [0.25, 0.3) is 0 Å². The van der Waals surface area contributed by atoms with Crippen LogP contribution in [0, 0.1) is 11.3 Å². The highest BCUT2D eigenvalue weighted by Crippen LogP contribution is 2.43. The lowest BCUT2D eigenvalue weighted by atomic mass is 9.81. The Hall–Kier alpha value is -0.570. The van der Waals surface area contributed by atoms with Crippen LogP contribution in [0.5, 0.6) is 0 Å². The monoisotopic (exact) mass is 266 g/mol. The molecule has 2 atom stereocenters. The van der Waals surface area contributed by atoms with Gasteiger partial charge in [0.1, 0.15) is 0 Å². The summed E-state index contributed by atoms with van der Waals surface area (Å²) in [6.07, 6.45) is 8.51. The van der Waals surface area contributed by atoms with E-state index in [0.717, 1.165) is 25.9 Å². The van der Waals surface area contributed by atoms with Gasteiger partial charge in [0, 0.05) is 25.6 Å². The summed E-state index contributed by atoms with van der Waals surface area (Å²) in [6.45, 7) is 6.55. The zero-order chi connectivity index (χ0) is 13.9. The van der Waals surface area contributed by atoms with E-state index in [1.165, 1.54) is 32.1 Å². The minimum absolute atomic E-state index is 0.203. The van der Waals surface area contributed by atoms with Gasteiger partial charge in [-0.2, -0.15) is 0 Å². The quantitative estimate of drug-likeness (QED) is 0.848. The van der Waals surface area contributed by atoms with Gasteiger partial charge in [0.15, 0.2) is 0 Å². The van der Waals surface area contributed by atoms with E-state index in [9.17, 15) is 4.79 Å². The van der Waals surface area contributed by atoms with Crippen molar-refractivity contribution in [2.45, 2.75) is 64.8 Å². The lowest BCUT2D eigenvalue weighted by Gasteiger charge is -2.31. The van der Waals surface area contributed by atoms with Crippen LogP contribution in [0.15, 0.2) is 0 Å². The van der Waals surface area contributed by atoms with Crippen LogP contribution in [0.2, 0.25) is 0 Å². The molecule has 19 heavy (non-hydrogen) atoms. The van der Waals surface area contributed by atoms with E-state index in [1.807, 2.05) is 11.9 Å². The molecule has 1 saturated heterocycles. The van der Waals surface area contributed by atoms with Crippen LogP contribution in [-0.2, 0) is 4.79 Å². The number of nitrogens with one attached hydrogen (secondary N) is 1. The zero-order valence-corrected chi connectivity index (χ0v) is 12.9. The van der Waals surface area contributed by atoms with Crippen LogP contribution in [0.3, 0.4) is 0 Å². The molecule has 2 rings (SSSR count). The maximum atomic E-state index is 12.5. The Morgan fingerprint density at radius 3 is 2.63 bits per heavy atom. The molecule has 1 aliphatic heterocycles. The van der Waals surface area contributed by atoms with E-state index in [0.29, 0.717) is 11.9 Å². The van der Waals surface area contributed by atoms with Crippen LogP contribution in [0.4, 0.5) is 0 Å². The average molecular weight is 266 g/mol. The van der Waals surface area contributed by atoms with Gasteiger partial charge in [-0.25, -0.2) is 0 Å². The Kier molecular flexibility index (Phi) is 4.88. The maximum absolute atomic E-state index is 12.5. The molecule has 1 N–H and O–H groups in total.